The highest BCUT2D eigenvalue weighted by atomic mass is 16.5. The summed E-state index contributed by atoms with van der Waals surface area (Å²) in [6.45, 7) is 6.86. The van der Waals surface area contributed by atoms with E-state index in [1.165, 1.54) is 12.8 Å². The quantitative estimate of drug-likeness (QED) is 0.837. The molecule has 1 aliphatic carbocycles. The number of nitrogens with two attached hydrogens (primary N) is 1. The molecule has 0 radical (unpaired) electrons. The maximum atomic E-state index is 12.6. The Balaban J connectivity index is 2.15. The van der Waals surface area contributed by atoms with E-state index in [1.54, 1.807) is 18.2 Å². The van der Waals surface area contributed by atoms with Crippen molar-refractivity contribution >= 4 is 11.6 Å². The number of ether oxygens (including phenoxy) is 1. The fraction of sp³-hybridized carbons (Fsp3) is 0.588. The Morgan fingerprint density at radius 2 is 2.14 bits per heavy atom. The summed E-state index contributed by atoms with van der Waals surface area (Å²) in [6, 6.07) is 5.55. The first-order valence-electron chi connectivity index (χ1n) is 7.86. The number of nitrogens with one attached hydrogen (secondary N) is 1. The van der Waals surface area contributed by atoms with Crippen LogP contribution in [0.1, 0.15) is 50.4 Å². The third-order valence-corrected chi connectivity index (χ3v) is 4.60. The van der Waals surface area contributed by atoms with Gasteiger partial charge in [-0.2, -0.15) is 0 Å². The van der Waals surface area contributed by atoms with Crippen LogP contribution in [0.3, 0.4) is 0 Å². The molecule has 1 aliphatic rings. The minimum absolute atomic E-state index is 0.0864. The van der Waals surface area contributed by atoms with Gasteiger partial charge in [-0.15, -0.1) is 0 Å². The van der Waals surface area contributed by atoms with Crippen LogP contribution in [-0.2, 0) is 0 Å². The van der Waals surface area contributed by atoms with Gasteiger partial charge in [-0.1, -0.05) is 32.8 Å². The molecule has 0 aromatic heterocycles. The fourth-order valence-electron chi connectivity index (χ4n) is 3.07. The van der Waals surface area contributed by atoms with E-state index in [0.717, 1.165) is 6.42 Å². The Kier molecular flexibility index (Phi) is 5.10. The van der Waals surface area contributed by atoms with Crippen LogP contribution in [0.2, 0.25) is 0 Å². The number of benzene rings is 1. The number of hydrogen-bond donors (Lipinski definition) is 2. The standard InChI is InChI=1S/C17H26N2O2/c1-4-21-16-13(8-6-9-14(16)18)17(20)19-15-10-5-7-11(2)12(15)3/h6,8-9,11-12,15H,4-5,7,10,18H2,1-3H3,(H,19,20). The van der Waals surface area contributed by atoms with E-state index < -0.39 is 0 Å². The molecule has 1 aromatic rings. The van der Waals surface area contributed by atoms with Gasteiger partial charge in [0.2, 0.25) is 0 Å². The summed E-state index contributed by atoms with van der Waals surface area (Å²) in [7, 11) is 0. The lowest BCUT2D eigenvalue weighted by atomic mass is 9.78. The highest BCUT2D eigenvalue weighted by Crippen LogP contribution is 2.31. The topological polar surface area (TPSA) is 64.3 Å². The largest absolute Gasteiger partial charge is 0.491 e. The molecule has 3 N–H and O–H groups in total. The van der Waals surface area contributed by atoms with E-state index >= 15 is 0 Å². The first kappa shape index (κ1) is 15.7. The van der Waals surface area contributed by atoms with Crippen molar-refractivity contribution in [2.45, 2.75) is 46.1 Å². The smallest absolute Gasteiger partial charge is 0.255 e. The molecule has 1 amide bonds. The van der Waals surface area contributed by atoms with Crippen molar-refractivity contribution in [1.29, 1.82) is 0 Å². The monoisotopic (exact) mass is 290 g/mol. The number of nitrogen functional groups attached to an aromatic ring is 1. The molecule has 4 heteroatoms. The molecular formula is C17H26N2O2. The van der Waals surface area contributed by atoms with Crippen molar-refractivity contribution in [3.63, 3.8) is 0 Å². The summed E-state index contributed by atoms with van der Waals surface area (Å²) in [5.74, 6) is 1.56. The SMILES string of the molecule is CCOc1c(N)cccc1C(=O)NC1CCCC(C)C1C. The van der Waals surface area contributed by atoms with Gasteiger partial charge in [0.15, 0.2) is 5.75 Å². The molecule has 0 bridgehead atoms. The van der Waals surface area contributed by atoms with Crippen LogP contribution in [0.15, 0.2) is 18.2 Å². The lowest BCUT2D eigenvalue weighted by Gasteiger charge is -2.34. The first-order chi connectivity index (χ1) is 10.0. The Morgan fingerprint density at radius 1 is 1.38 bits per heavy atom. The zero-order valence-corrected chi connectivity index (χ0v) is 13.2. The van der Waals surface area contributed by atoms with Gasteiger partial charge in [-0.25, -0.2) is 0 Å². The van der Waals surface area contributed by atoms with Crippen molar-refractivity contribution in [1.82, 2.24) is 5.32 Å². The number of carbonyl (C=O) groups excluding carboxylic acids is 1. The molecule has 1 fully saturated rings. The summed E-state index contributed by atoms with van der Waals surface area (Å²) < 4.78 is 5.54. The van der Waals surface area contributed by atoms with Crippen LogP contribution < -0.4 is 15.8 Å². The molecule has 4 nitrogen and oxygen atoms in total. The van der Waals surface area contributed by atoms with Crippen molar-refractivity contribution in [3.8, 4) is 5.75 Å². The van der Waals surface area contributed by atoms with Gasteiger partial charge >= 0.3 is 0 Å². The molecule has 0 saturated heterocycles. The number of para-hydroxylation sites is 1. The minimum atomic E-state index is -0.0864. The van der Waals surface area contributed by atoms with Crippen LogP contribution in [0.25, 0.3) is 0 Å². The van der Waals surface area contributed by atoms with Gasteiger partial charge in [-0.3, -0.25) is 4.79 Å². The summed E-state index contributed by atoms with van der Waals surface area (Å²) in [5.41, 5.74) is 6.96. The van der Waals surface area contributed by atoms with Crippen molar-refractivity contribution in [2.75, 3.05) is 12.3 Å². The number of amides is 1. The average Bonchev–Trinajstić information content (AvgIpc) is 2.46. The Hall–Kier alpha value is -1.71. The first-order valence-corrected chi connectivity index (χ1v) is 7.86. The highest BCUT2D eigenvalue weighted by Gasteiger charge is 2.29. The maximum absolute atomic E-state index is 12.6. The molecule has 0 aliphatic heterocycles. The molecule has 3 unspecified atom stereocenters. The van der Waals surface area contributed by atoms with Gasteiger partial charge < -0.3 is 15.8 Å². The predicted molar refractivity (Wildman–Crippen MR) is 85.5 cm³/mol. The van der Waals surface area contributed by atoms with E-state index in [1.807, 2.05) is 6.92 Å². The second-order valence-electron chi connectivity index (χ2n) is 6.00. The number of rotatable bonds is 4. The minimum Gasteiger partial charge on any atom is -0.491 e. The number of hydrogen-bond acceptors (Lipinski definition) is 3. The molecule has 1 aromatic carbocycles. The van der Waals surface area contributed by atoms with Crippen LogP contribution in [-0.4, -0.2) is 18.6 Å². The summed E-state index contributed by atoms with van der Waals surface area (Å²) in [6.07, 6.45) is 3.46. The van der Waals surface area contributed by atoms with Gasteiger partial charge in [-0.05, 0) is 37.3 Å². The third-order valence-electron chi connectivity index (χ3n) is 4.60. The Labute approximate surface area is 127 Å². The number of anilines is 1. The lowest BCUT2D eigenvalue weighted by Crippen LogP contribution is -2.43. The Morgan fingerprint density at radius 3 is 2.86 bits per heavy atom. The second-order valence-corrected chi connectivity index (χ2v) is 6.00. The van der Waals surface area contributed by atoms with Crippen LogP contribution in [0, 0.1) is 11.8 Å². The molecular weight excluding hydrogens is 264 g/mol. The molecule has 116 valence electrons. The number of carbonyl (C=O) groups is 1. The van der Waals surface area contributed by atoms with Crippen LogP contribution >= 0.6 is 0 Å². The molecule has 21 heavy (non-hydrogen) atoms. The van der Waals surface area contributed by atoms with E-state index in [4.69, 9.17) is 10.5 Å². The zero-order chi connectivity index (χ0) is 15.4. The van der Waals surface area contributed by atoms with Gasteiger partial charge in [0, 0.05) is 6.04 Å². The van der Waals surface area contributed by atoms with Gasteiger partial charge in [0.05, 0.1) is 17.9 Å². The van der Waals surface area contributed by atoms with Crippen LogP contribution in [0.5, 0.6) is 5.75 Å². The predicted octanol–water partition coefficient (Wildman–Crippen LogP) is 3.22. The summed E-state index contributed by atoms with van der Waals surface area (Å²) in [5, 5.41) is 3.17. The molecule has 0 heterocycles. The summed E-state index contributed by atoms with van der Waals surface area (Å²) >= 11 is 0. The van der Waals surface area contributed by atoms with Crippen molar-refractivity contribution < 1.29 is 9.53 Å². The van der Waals surface area contributed by atoms with E-state index in [2.05, 4.69) is 19.2 Å². The molecule has 1 saturated carbocycles. The van der Waals surface area contributed by atoms with E-state index in [0.29, 0.717) is 35.4 Å². The maximum Gasteiger partial charge on any atom is 0.255 e. The third kappa shape index (κ3) is 3.49. The lowest BCUT2D eigenvalue weighted by molar-refractivity contribution is 0.0887. The fourth-order valence-corrected chi connectivity index (χ4v) is 3.07. The summed E-state index contributed by atoms with van der Waals surface area (Å²) in [4.78, 5) is 12.6. The van der Waals surface area contributed by atoms with Crippen molar-refractivity contribution in [2.24, 2.45) is 11.8 Å². The van der Waals surface area contributed by atoms with Gasteiger partial charge in [0.1, 0.15) is 0 Å². The molecule has 3 atom stereocenters. The van der Waals surface area contributed by atoms with Crippen LogP contribution in [0.4, 0.5) is 5.69 Å². The van der Waals surface area contributed by atoms with E-state index in [9.17, 15) is 4.79 Å². The van der Waals surface area contributed by atoms with Crippen molar-refractivity contribution in [3.05, 3.63) is 23.8 Å². The normalized spacial score (nSPS) is 25.4. The second kappa shape index (κ2) is 6.83. The highest BCUT2D eigenvalue weighted by molar-refractivity contribution is 5.98. The van der Waals surface area contributed by atoms with E-state index in [-0.39, 0.29) is 11.9 Å². The molecule has 2 rings (SSSR count). The molecule has 0 spiro atoms. The average molecular weight is 290 g/mol. The Bertz CT molecular complexity index is 502. The van der Waals surface area contributed by atoms with Gasteiger partial charge in [0.25, 0.3) is 5.91 Å². The zero-order valence-electron chi connectivity index (χ0n) is 13.2.